The molecule has 0 spiro atoms. The van der Waals surface area contributed by atoms with E-state index in [1.54, 1.807) is 6.26 Å². The third kappa shape index (κ3) is 4.23. The standard InChI is InChI=1S/C25H29N3O4/c1-28-11-8-17(9-12-28)26-10-13-31-18-3-4-19-16(14-18)2-6-22-24(19)21(15-32-22)20-5-7-23(29)27-25(20)30/h2-4,6,14-15,17,20,26H,5,7-13H2,1H3,(H,27,29,30)/t20-/m1/s1. The molecule has 3 heterocycles. The second-order valence-electron chi connectivity index (χ2n) is 8.90. The van der Waals surface area contributed by atoms with Crippen LogP contribution in [0.15, 0.2) is 41.0 Å². The van der Waals surface area contributed by atoms with Gasteiger partial charge in [0.2, 0.25) is 11.8 Å². The number of likely N-dealkylation sites (tertiary alicyclic amines) is 1. The number of amides is 2. The maximum absolute atomic E-state index is 12.4. The van der Waals surface area contributed by atoms with E-state index in [9.17, 15) is 9.59 Å². The number of carbonyl (C=O) groups is 2. The maximum atomic E-state index is 12.4. The van der Waals surface area contributed by atoms with Gasteiger partial charge in [-0.3, -0.25) is 14.9 Å². The smallest absolute Gasteiger partial charge is 0.234 e. The second kappa shape index (κ2) is 8.92. The number of imide groups is 1. The van der Waals surface area contributed by atoms with Crippen LogP contribution < -0.4 is 15.4 Å². The minimum absolute atomic E-state index is 0.212. The minimum atomic E-state index is -0.374. The van der Waals surface area contributed by atoms with Crippen molar-refractivity contribution < 1.29 is 18.7 Å². The number of furan rings is 1. The highest BCUT2D eigenvalue weighted by molar-refractivity contribution is 6.10. The zero-order valence-electron chi connectivity index (χ0n) is 18.4. The molecule has 2 saturated heterocycles. The van der Waals surface area contributed by atoms with Crippen LogP contribution >= 0.6 is 0 Å². The fourth-order valence-corrected chi connectivity index (χ4v) is 4.85. The molecule has 0 unspecified atom stereocenters. The fourth-order valence-electron chi connectivity index (χ4n) is 4.85. The summed E-state index contributed by atoms with van der Waals surface area (Å²) in [5.74, 6) is -0.0109. The molecule has 0 radical (unpaired) electrons. The van der Waals surface area contributed by atoms with Crippen molar-refractivity contribution in [3.63, 3.8) is 0 Å². The molecule has 7 nitrogen and oxygen atoms in total. The van der Waals surface area contributed by atoms with Gasteiger partial charge in [0.25, 0.3) is 0 Å². The van der Waals surface area contributed by atoms with Gasteiger partial charge in [0.1, 0.15) is 17.9 Å². The largest absolute Gasteiger partial charge is 0.492 e. The SMILES string of the molecule is CN1CCC(NCCOc2ccc3c(ccc4occ([C@H]5CCC(=O)NC5=O)c43)c2)CC1. The Morgan fingerprint density at radius 3 is 2.81 bits per heavy atom. The Labute approximate surface area is 187 Å². The number of nitrogens with zero attached hydrogens (tertiary/aromatic N) is 1. The molecule has 2 aliphatic rings. The van der Waals surface area contributed by atoms with Gasteiger partial charge in [-0.25, -0.2) is 0 Å². The number of hydrogen-bond acceptors (Lipinski definition) is 6. The van der Waals surface area contributed by atoms with Crippen LogP contribution in [0.2, 0.25) is 0 Å². The highest BCUT2D eigenvalue weighted by Gasteiger charge is 2.31. The number of nitrogens with one attached hydrogen (secondary N) is 2. The van der Waals surface area contributed by atoms with Crippen molar-refractivity contribution in [2.45, 2.75) is 37.6 Å². The van der Waals surface area contributed by atoms with E-state index in [0.29, 0.717) is 25.5 Å². The molecule has 32 heavy (non-hydrogen) atoms. The highest BCUT2D eigenvalue weighted by Crippen LogP contribution is 2.37. The van der Waals surface area contributed by atoms with E-state index in [2.05, 4.69) is 22.6 Å². The Morgan fingerprint density at radius 1 is 1.16 bits per heavy atom. The van der Waals surface area contributed by atoms with E-state index in [1.165, 1.54) is 12.8 Å². The normalized spacial score (nSPS) is 20.7. The van der Waals surface area contributed by atoms with Crippen LogP contribution in [0.1, 0.15) is 37.2 Å². The van der Waals surface area contributed by atoms with Crippen molar-refractivity contribution in [1.82, 2.24) is 15.5 Å². The molecule has 1 atom stereocenters. The van der Waals surface area contributed by atoms with E-state index < -0.39 is 0 Å². The summed E-state index contributed by atoms with van der Waals surface area (Å²) < 4.78 is 11.7. The number of fused-ring (bicyclic) bond motifs is 3. The van der Waals surface area contributed by atoms with E-state index >= 15 is 0 Å². The number of carbonyl (C=O) groups excluding carboxylic acids is 2. The lowest BCUT2D eigenvalue weighted by atomic mass is 9.89. The molecule has 2 aliphatic heterocycles. The lowest BCUT2D eigenvalue weighted by Gasteiger charge is -2.29. The molecule has 2 amide bonds. The summed E-state index contributed by atoms with van der Waals surface area (Å²) in [7, 11) is 2.17. The highest BCUT2D eigenvalue weighted by atomic mass is 16.5. The molecule has 2 aromatic carbocycles. The zero-order valence-corrected chi connectivity index (χ0v) is 18.4. The number of piperidine rings is 2. The number of rotatable bonds is 6. The fraction of sp³-hybridized carbons (Fsp3) is 0.440. The monoisotopic (exact) mass is 435 g/mol. The molecular formula is C25H29N3O4. The zero-order chi connectivity index (χ0) is 22.1. The van der Waals surface area contributed by atoms with Gasteiger partial charge in [-0.05, 0) is 74.4 Å². The first-order chi connectivity index (χ1) is 15.6. The average Bonchev–Trinajstić information content (AvgIpc) is 3.22. The summed E-state index contributed by atoms with van der Waals surface area (Å²) in [4.78, 5) is 26.3. The van der Waals surface area contributed by atoms with Crippen LogP contribution in [-0.2, 0) is 9.59 Å². The molecule has 5 rings (SSSR count). The van der Waals surface area contributed by atoms with Crippen molar-refractivity contribution in [2.75, 3.05) is 33.3 Å². The molecule has 0 saturated carbocycles. The quantitative estimate of drug-likeness (QED) is 0.457. The second-order valence-corrected chi connectivity index (χ2v) is 8.90. The average molecular weight is 436 g/mol. The van der Waals surface area contributed by atoms with Crippen LogP contribution in [0.25, 0.3) is 21.7 Å². The van der Waals surface area contributed by atoms with Crippen molar-refractivity contribution in [3.8, 4) is 5.75 Å². The Bertz CT molecular complexity index is 1150. The predicted molar refractivity (Wildman–Crippen MR) is 123 cm³/mol. The number of benzene rings is 2. The lowest BCUT2D eigenvalue weighted by molar-refractivity contribution is -0.134. The van der Waals surface area contributed by atoms with Crippen LogP contribution in [0.4, 0.5) is 0 Å². The summed E-state index contributed by atoms with van der Waals surface area (Å²) in [6.07, 6.45) is 4.87. The first kappa shape index (κ1) is 21.0. The van der Waals surface area contributed by atoms with E-state index in [1.807, 2.05) is 30.3 Å². The Morgan fingerprint density at radius 2 is 2.00 bits per heavy atom. The summed E-state index contributed by atoms with van der Waals surface area (Å²) in [5.41, 5.74) is 1.58. The van der Waals surface area contributed by atoms with Crippen LogP contribution in [0, 0.1) is 0 Å². The topological polar surface area (TPSA) is 83.8 Å². The first-order valence-corrected chi connectivity index (χ1v) is 11.4. The van der Waals surface area contributed by atoms with E-state index in [-0.39, 0.29) is 17.7 Å². The summed E-state index contributed by atoms with van der Waals surface area (Å²) >= 11 is 0. The van der Waals surface area contributed by atoms with Gasteiger partial charge < -0.3 is 19.4 Å². The van der Waals surface area contributed by atoms with E-state index in [4.69, 9.17) is 9.15 Å². The molecule has 168 valence electrons. The minimum Gasteiger partial charge on any atom is -0.492 e. The van der Waals surface area contributed by atoms with Crippen molar-refractivity contribution in [2.24, 2.45) is 0 Å². The Hall–Kier alpha value is -2.90. The molecule has 1 aromatic heterocycles. The maximum Gasteiger partial charge on any atom is 0.234 e. The molecule has 0 bridgehead atoms. The van der Waals surface area contributed by atoms with E-state index in [0.717, 1.165) is 52.7 Å². The van der Waals surface area contributed by atoms with Gasteiger partial charge in [-0.2, -0.15) is 0 Å². The third-order valence-corrected chi connectivity index (χ3v) is 6.69. The van der Waals surface area contributed by atoms with Gasteiger partial charge in [0.05, 0.1) is 12.2 Å². The summed E-state index contributed by atoms with van der Waals surface area (Å²) in [5, 5.41) is 9.04. The number of hydrogen-bond donors (Lipinski definition) is 2. The predicted octanol–water partition coefficient (Wildman–Crippen LogP) is 3.17. The number of ether oxygens (including phenoxy) is 1. The summed E-state index contributed by atoms with van der Waals surface area (Å²) in [6.45, 7) is 3.74. The van der Waals surface area contributed by atoms with Gasteiger partial charge in [0.15, 0.2) is 0 Å². The lowest BCUT2D eigenvalue weighted by Crippen LogP contribution is -2.42. The van der Waals surface area contributed by atoms with Crippen LogP contribution in [0.3, 0.4) is 0 Å². The third-order valence-electron chi connectivity index (χ3n) is 6.69. The summed E-state index contributed by atoms with van der Waals surface area (Å²) in [6, 6.07) is 10.6. The van der Waals surface area contributed by atoms with Gasteiger partial charge >= 0.3 is 0 Å². The van der Waals surface area contributed by atoms with Crippen molar-refractivity contribution >= 4 is 33.6 Å². The molecule has 7 heteroatoms. The molecule has 0 aliphatic carbocycles. The molecule has 3 aromatic rings. The van der Waals surface area contributed by atoms with Crippen LogP contribution in [-0.4, -0.2) is 56.0 Å². The molecular weight excluding hydrogens is 406 g/mol. The van der Waals surface area contributed by atoms with Gasteiger partial charge in [0, 0.05) is 30.0 Å². The Kier molecular flexibility index (Phi) is 5.85. The van der Waals surface area contributed by atoms with Crippen LogP contribution in [0.5, 0.6) is 5.75 Å². The first-order valence-electron chi connectivity index (χ1n) is 11.4. The molecule has 2 fully saturated rings. The van der Waals surface area contributed by atoms with Crippen molar-refractivity contribution in [1.29, 1.82) is 0 Å². The van der Waals surface area contributed by atoms with Crippen molar-refractivity contribution in [3.05, 3.63) is 42.2 Å². The Balaban J connectivity index is 1.30. The molecule has 2 N–H and O–H groups in total. The van der Waals surface area contributed by atoms with Gasteiger partial charge in [-0.1, -0.05) is 6.07 Å². The van der Waals surface area contributed by atoms with Gasteiger partial charge in [-0.15, -0.1) is 0 Å².